The SMILES string of the molecule is C=CCOc1cc(/C=C(\C)C(=O)N[C@H]2[C@@H](OC(C)=O)[C@@H]3OCO[C@@H]3[C@H](OC(C)=O)[C@H]2OC(C)=O)ccc1O[C@@H]1OC(C(C)=O)=C[C@@H]1OC(C)=O. The Morgan fingerprint density at radius 2 is 1.42 bits per heavy atom. The van der Waals surface area contributed by atoms with Crippen molar-refractivity contribution in [1.82, 2.24) is 5.32 Å². The van der Waals surface area contributed by atoms with Gasteiger partial charge in [0, 0.05) is 46.3 Å². The molecule has 4 rings (SSSR count). The number of ketones is 1. The Balaban J connectivity index is 1.61. The first-order valence-electron chi connectivity index (χ1n) is 15.5. The Labute approximate surface area is 287 Å². The van der Waals surface area contributed by atoms with Crippen molar-refractivity contribution in [2.24, 2.45) is 0 Å². The number of rotatable bonds is 13. The average molecular weight is 702 g/mol. The molecule has 16 nitrogen and oxygen atoms in total. The summed E-state index contributed by atoms with van der Waals surface area (Å²) in [6.45, 7) is 11.0. The minimum Gasteiger partial charge on any atom is -0.486 e. The number of carbonyl (C=O) groups excluding carboxylic acids is 6. The molecule has 2 heterocycles. The normalized spacial score (nSPS) is 27.0. The molecule has 0 unspecified atom stereocenters. The van der Waals surface area contributed by atoms with Crippen molar-refractivity contribution in [3.8, 4) is 11.5 Å². The van der Waals surface area contributed by atoms with Crippen LogP contribution in [-0.4, -0.2) is 97.9 Å². The molecule has 0 bridgehead atoms. The quantitative estimate of drug-likeness (QED) is 0.135. The Bertz CT molecular complexity index is 1580. The Morgan fingerprint density at radius 1 is 0.820 bits per heavy atom. The molecule has 270 valence electrons. The van der Waals surface area contributed by atoms with Crippen molar-refractivity contribution in [2.45, 2.75) is 90.5 Å². The van der Waals surface area contributed by atoms with Gasteiger partial charge in [-0.2, -0.15) is 0 Å². The van der Waals surface area contributed by atoms with Crippen LogP contribution in [0.3, 0.4) is 0 Å². The zero-order valence-electron chi connectivity index (χ0n) is 28.3. The lowest BCUT2D eigenvalue weighted by Crippen LogP contribution is -2.70. The number of hydrogen-bond acceptors (Lipinski definition) is 15. The van der Waals surface area contributed by atoms with Crippen LogP contribution in [0.4, 0.5) is 0 Å². The van der Waals surface area contributed by atoms with Crippen molar-refractivity contribution in [1.29, 1.82) is 0 Å². The summed E-state index contributed by atoms with van der Waals surface area (Å²) < 4.78 is 50.4. The van der Waals surface area contributed by atoms with Gasteiger partial charge in [-0.05, 0) is 30.7 Å². The summed E-state index contributed by atoms with van der Waals surface area (Å²) in [6, 6.07) is 3.49. The maximum Gasteiger partial charge on any atom is 0.303 e. The Kier molecular flexibility index (Phi) is 12.4. The molecule has 8 atom stereocenters. The third-order valence-electron chi connectivity index (χ3n) is 7.51. The van der Waals surface area contributed by atoms with Crippen LogP contribution in [0.1, 0.15) is 47.1 Å². The Morgan fingerprint density at radius 3 is 2.02 bits per heavy atom. The van der Waals surface area contributed by atoms with Crippen LogP contribution in [0.25, 0.3) is 6.08 Å². The van der Waals surface area contributed by atoms with Crippen molar-refractivity contribution in [3.05, 3.63) is 53.8 Å². The fourth-order valence-corrected chi connectivity index (χ4v) is 5.60. The molecule has 1 amide bonds. The van der Waals surface area contributed by atoms with Crippen LogP contribution in [-0.2, 0) is 61.9 Å². The predicted molar refractivity (Wildman–Crippen MR) is 169 cm³/mol. The van der Waals surface area contributed by atoms with Crippen molar-refractivity contribution in [3.63, 3.8) is 0 Å². The van der Waals surface area contributed by atoms with E-state index in [2.05, 4.69) is 11.9 Å². The maximum atomic E-state index is 13.7. The van der Waals surface area contributed by atoms with Gasteiger partial charge in [-0.1, -0.05) is 18.7 Å². The number of ether oxygens (including phenoxy) is 9. The van der Waals surface area contributed by atoms with E-state index in [9.17, 15) is 28.8 Å². The summed E-state index contributed by atoms with van der Waals surface area (Å²) >= 11 is 0. The zero-order valence-corrected chi connectivity index (χ0v) is 28.3. The number of nitrogens with one attached hydrogen (secondary N) is 1. The van der Waals surface area contributed by atoms with Crippen LogP contribution >= 0.6 is 0 Å². The largest absolute Gasteiger partial charge is 0.486 e. The van der Waals surface area contributed by atoms with E-state index >= 15 is 0 Å². The first kappa shape index (κ1) is 37.6. The smallest absolute Gasteiger partial charge is 0.303 e. The second-order valence-electron chi connectivity index (χ2n) is 11.5. The molecule has 0 aromatic heterocycles. The van der Waals surface area contributed by atoms with E-state index in [0.29, 0.717) is 5.56 Å². The van der Waals surface area contributed by atoms with E-state index in [1.165, 1.54) is 52.0 Å². The molecule has 1 aromatic rings. The summed E-state index contributed by atoms with van der Waals surface area (Å²) in [6.07, 6.45) is -3.45. The highest BCUT2D eigenvalue weighted by Gasteiger charge is 2.59. The highest BCUT2D eigenvalue weighted by atomic mass is 16.7. The topological polar surface area (TPSA) is 198 Å². The van der Waals surface area contributed by atoms with E-state index < -0.39 is 78.7 Å². The number of benzene rings is 1. The summed E-state index contributed by atoms with van der Waals surface area (Å²) in [5.74, 6) is -3.44. The number of carbonyl (C=O) groups is 6. The molecule has 16 heteroatoms. The first-order chi connectivity index (χ1) is 23.7. The fraction of sp³-hybridized carbons (Fsp3) is 0.471. The molecule has 50 heavy (non-hydrogen) atoms. The maximum absolute atomic E-state index is 13.7. The molecular weight excluding hydrogens is 662 g/mol. The van der Waals surface area contributed by atoms with Crippen LogP contribution in [0.5, 0.6) is 11.5 Å². The molecule has 2 fully saturated rings. The van der Waals surface area contributed by atoms with Gasteiger partial charge in [0.1, 0.15) is 31.6 Å². The second-order valence-corrected chi connectivity index (χ2v) is 11.5. The molecule has 2 aliphatic heterocycles. The summed E-state index contributed by atoms with van der Waals surface area (Å²) in [4.78, 5) is 73.6. The lowest BCUT2D eigenvalue weighted by molar-refractivity contribution is -0.205. The van der Waals surface area contributed by atoms with Crippen molar-refractivity contribution >= 4 is 41.6 Å². The van der Waals surface area contributed by atoms with Crippen LogP contribution in [0, 0.1) is 0 Å². The van der Waals surface area contributed by atoms with E-state index in [1.807, 2.05) is 0 Å². The molecule has 1 aliphatic carbocycles. The highest BCUT2D eigenvalue weighted by molar-refractivity contribution is 5.97. The minimum absolute atomic E-state index is 0.0254. The van der Waals surface area contributed by atoms with Crippen molar-refractivity contribution < 1.29 is 71.4 Å². The van der Waals surface area contributed by atoms with Crippen molar-refractivity contribution in [2.75, 3.05) is 13.4 Å². The third kappa shape index (κ3) is 9.26. The number of amides is 1. The Hall–Kier alpha value is -5.22. The standard InChI is InChI=1S/C34H39NO15/c1-8-11-42-25-13-22(9-10-23(25)49-34-26(45-18(4)37)14-24(50-34)17(3)36)12-16(2)33(41)35-27-28(46-19(5)38)30-31(44-15-43-30)32(48-21(7)40)29(27)47-20(6)39/h8-10,12-14,26-32,34H,1,11,15H2,2-7H3,(H,35,41)/b16-12+/t26-,27-,28+,29-,30-,31-,32+,34+/m0/s1. The number of Topliss-reactive ketones (excluding diaryl/α,β-unsaturated/α-hetero) is 1. The molecule has 1 N–H and O–H groups in total. The van der Waals surface area contributed by atoms with Gasteiger partial charge in [0.05, 0.1) is 0 Å². The van der Waals surface area contributed by atoms with Gasteiger partial charge >= 0.3 is 23.9 Å². The lowest BCUT2D eigenvalue weighted by Gasteiger charge is -2.45. The minimum atomic E-state index is -1.32. The number of allylic oxidation sites excluding steroid dienone is 1. The fourth-order valence-electron chi connectivity index (χ4n) is 5.60. The van der Waals surface area contributed by atoms with Crippen LogP contribution in [0.2, 0.25) is 0 Å². The average Bonchev–Trinajstić information content (AvgIpc) is 3.67. The summed E-state index contributed by atoms with van der Waals surface area (Å²) in [5, 5.41) is 2.76. The van der Waals surface area contributed by atoms with Crippen LogP contribution in [0.15, 0.2) is 48.3 Å². The molecule has 1 saturated carbocycles. The van der Waals surface area contributed by atoms with Crippen LogP contribution < -0.4 is 14.8 Å². The highest BCUT2D eigenvalue weighted by Crippen LogP contribution is 2.36. The number of fused-ring (bicyclic) bond motifs is 1. The predicted octanol–water partition coefficient (Wildman–Crippen LogP) is 1.83. The molecular formula is C34H39NO15. The van der Waals surface area contributed by atoms with Gasteiger partial charge in [0.2, 0.25) is 5.91 Å². The zero-order chi connectivity index (χ0) is 36.7. The molecule has 1 saturated heterocycles. The third-order valence-corrected chi connectivity index (χ3v) is 7.51. The van der Waals surface area contributed by atoms with Gasteiger partial charge in [-0.3, -0.25) is 28.8 Å². The number of hydrogen-bond donors (Lipinski definition) is 1. The van der Waals surface area contributed by atoms with Gasteiger partial charge in [0.15, 0.2) is 47.5 Å². The van der Waals surface area contributed by atoms with Gasteiger partial charge in [-0.25, -0.2) is 0 Å². The van der Waals surface area contributed by atoms with E-state index in [0.717, 1.165) is 13.8 Å². The van der Waals surface area contributed by atoms with E-state index in [1.54, 1.807) is 12.1 Å². The molecule has 0 spiro atoms. The number of esters is 4. The van der Waals surface area contributed by atoms with E-state index in [4.69, 9.17) is 42.6 Å². The van der Waals surface area contributed by atoms with Gasteiger partial charge in [-0.15, -0.1) is 0 Å². The summed E-state index contributed by atoms with van der Waals surface area (Å²) in [5.41, 5.74) is 0.646. The molecule has 3 aliphatic rings. The second kappa shape index (κ2) is 16.5. The lowest BCUT2D eigenvalue weighted by atomic mass is 9.82. The molecule has 0 radical (unpaired) electrons. The monoisotopic (exact) mass is 701 g/mol. The van der Waals surface area contributed by atoms with E-state index in [-0.39, 0.29) is 42.0 Å². The van der Waals surface area contributed by atoms with Gasteiger partial charge < -0.3 is 47.9 Å². The van der Waals surface area contributed by atoms with Gasteiger partial charge in [0.25, 0.3) is 6.29 Å². The summed E-state index contributed by atoms with van der Waals surface area (Å²) in [7, 11) is 0. The molecule has 1 aromatic carbocycles. The first-order valence-corrected chi connectivity index (χ1v) is 15.5.